The Morgan fingerprint density at radius 1 is 1.19 bits per heavy atom. The van der Waals surface area contributed by atoms with E-state index in [0.717, 1.165) is 4.47 Å². The van der Waals surface area contributed by atoms with Gasteiger partial charge in [-0.3, -0.25) is 9.59 Å². The number of aromatic nitrogens is 3. The van der Waals surface area contributed by atoms with Gasteiger partial charge in [0.2, 0.25) is 11.8 Å². The highest BCUT2D eigenvalue weighted by Gasteiger charge is 2.17. The Balaban J connectivity index is 1.62. The van der Waals surface area contributed by atoms with Gasteiger partial charge in [0, 0.05) is 16.7 Å². The SMILES string of the molecule is C=CCn1c(CC(=O)Nc2ccccc2F)nnc1SCC(=O)Nc1ccc(Br)c(Cl)c1. The van der Waals surface area contributed by atoms with Crippen LogP contribution in [0.25, 0.3) is 0 Å². The molecule has 2 amide bonds. The Kier molecular flexibility index (Phi) is 8.43. The number of allylic oxidation sites excluding steroid dienone is 1. The molecule has 2 N–H and O–H groups in total. The molecule has 0 aliphatic rings. The molecule has 2 aromatic carbocycles. The lowest BCUT2D eigenvalue weighted by Gasteiger charge is -2.09. The topological polar surface area (TPSA) is 88.9 Å². The van der Waals surface area contributed by atoms with Crippen LogP contribution in [0.5, 0.6) is 0 Å². The lowest BCUT2D eigenvalue weighted by Crippen LogP contribution is -2.18. The molecule has 1 heterocycles. The molecule has 11 heteroatoms. The Hall–Kier alpha value is -2.69. The third-order valence-corrected chi connectivity index (χ3v) is 6.31. The van der Waals surface area contributed by atoms with E-state index in [1.807, 2.05) is 0 Å². The highest BCUT2D eigenvalue weighted by Crippen LogP contribution is 2.26. The fraction of sp³-hybridized carbons (Fsp3) is 0.143. The molecule has 0 unspecified atom stereocenters. The Labute approximate surface area is 201 Å². The average molecular weight is 539 g/mol. The van der Waals surface area contributed by atoms with Crippen LogP contribution in [0.4, 0.5) is 15.8 Å². The summed E-state index contributed by atoms with van der Waals surface area (Å²) < 4.78 is 16.2. The van der Waals surface area contributed by atoms with Crippen molar-refractivity contribution in [3.05, 3.63) is 76.3 Å². The van der Waals surface area contributed by atoms with E-state index in [0.29, 0.717) is 28.2 Å². The summed E-state index contributed by atoms with van der Waals surface area (Å²) in [6.45, 7) is 4.06. The van der Waals surface area contributed by atoms with Gasteiger partial charge in [0.15, 0.2) is 5.16 Å². The number of benzene rings is 2. The van der Waals surface area contributed by atoms with Gasteiger partial charge in [0.05, 0.1) is 22.9 Å². The molecule has 3 aromatic rings. The van der Waals surface area contributed by atoms with E-state index in [1.165, 1.54) is 30.0 Å². The summed E-state index contributed by atoms with van der Waals surface area (Å²) in [5.74, 6) is -0.761. The second kappa shape index (κ2) is 11.3. The summed E-state index contributed by atoms with van der Waals surface area (Å²) in [5.41, 5.74) is 0.661. The maximum atomic E-state index is 13.8. The average Bonchev–Trinajstić information content (AvgIpc) is 3.12. The van der Waals surface area contributed by atoms with Crippen LogP contribution in [-0.4, -0.2) is 32.3 Å². The van der Waals surface area contributed by atoms with Crippen molar-refractivity contribution in [1.29, 1.82) is 0 Å². The minimum Gasteiger partial charge on any atom is -0.325 e. The predicted octanol–water partition coefficient (Wildman–Crippen LogP) is 4.93. The summed E-state index contributed by atoms with van der Waals surface area (Å²) in [6.07, 6.45) is 1.52. The van der Waals surface area contributed by atoms with Crippen molar-refractivity contribution in [2.75, 3.05) is 16.4 Å². The zero-order chi connectivity index (χ0) is 23.1. The molecule has 0 spiro atoms. The molecule has 0 fully saturated rings. The summed E-state index contributed by atoms with van der Waals surface area (Å²) >= 11 is 10.5. The maximum Gasteiger partial charge on any atom is 0.234 e. The van der Waals surface area contributed by atoms with Crippen LogP contribution < -0.4 is 10.6 Å². The van der Waals surface area contributed by atoms with Gasteiger partial charge in [-0.1, -0.05) is 41.6 Å². The summed E-state index contributed by atoms with van der Waals surface area (Å²) in [6, 6.07) is 11.0. The minimum absolute atomic E-state index is 0.0738. The largest absolute Gasteiger partial charge is 0.325 e. The third kappa shape index (κ3) is 6.41. The van der Waals surface area contributed by atoms with E-state index in [9.17, 15) is 14.0 Å². The number of halogens is 3. The molecule has 7 nitrogen and oxygen atoms in total. The number of rotatable bonds is 9. The van der Waals surface area contributed by atoms with Crippen molar-refractivity contribution >= 4 is 62.5 Å². The summed E-state index contributed by atoms with van der Waals surface area (Å²) in [5, 5.41) is 14.4. The fourth-order valence-corrected chi connectivity index (χ4v) is 3.86. The van der Waals surface area contributed by atoms with Gasteiger partial charge in [-0.2, -0.15) is 0 Å². The van der Waals surface area contributed by atoms with Gasteiger partial charge in [0.1, 0.15) is 11.6 Å². The van der Waals surface area contributed by atoms with Crippen LogP contribution in [0, 0.1) is 5.82 Å². The lowest BCUT2D eigenvalue weighted by molar-refractivity contribution is -0.116. The second-order valence-electron chi connectivity index (χ2n) is 6.47. The summed E-state index contributed by atoms with van der Waals surface area (Å²) in [7, 11) is 0. The van der Waals surface area contributed by atoms with E-state index in [2.05, 4.69) is 43.3 Å². The van der Waals surface area contributed by atoms with Gasteiger partial charge >= 0.3 is 0 Å². The predicted molar refractivity (Wildman–Crippen MR) is 127 cm³/mol. The Morgan fingerprint density at radius 3 is 2.69 bits per heavy atom. The zero-order valence-electron chi connectivity index (χ0n) is 16.6. The number of hydrogen-bond acceptors (Lipinski definition) is 5. The lowest BCUT2D eigenvalue weighted by atomic mass is 10.3. The molecule has 0 saturated heterocycles. The van der Waals surface area contributed by atoms with E-state index in [-0.39, 0.29) is 23.8 Å². The van der Waals surface area contributed by atoms with Crippen LogP contribution in [0.2, 0.25) is 5.02 Å². The van der Waals surface area contributed by atoms with Crippen molar-refractivity contribution in [3.8, 4) is 0 Å². The minimum atomic E-state index is -0.525. The van der Waals surface area contributed by atoms with Crippen molar-refractivity contribution in [1.82, 2.24) is 14.8 Å². The molecule has 0 radical (unpaired) electrons. The Morgan fingerprint density at radius 2 is 1.97 bits per heavy atom. The highest BCUT2D eigenvalue weighted by molar-refractivity contribution is 9.10. The Bertz CT molecular complexity index is 1160. The van der Waals surface area contributed by atoms with Gasteiger partial charge in [-0.15, -0.1) is 16.8 Å². The first-order valence-corrected chi connectivity index (χ1v) is 11.5. The van der Waals surface area contributed by atoms with Gasteiger partial charge < -0.3 is 15.2 Å². The first kappa shape index (κ1) is 24.0. The van der Waals surface area contributed by atoms with E-state index < -0.39 is 11.7 Å². The number of para-hydroxylation sites is 1. The van der Waals surface area contributed by atoms with Crippen molar-refractivity contribution in [2.24, 2.45) is 0 Å². The number of thioether (sulfide) groups is 1. The van der Waals surface area contributed by atoms with Crippen LogP contribution in [0.15, 0.2) is 64.7 Å². The summed E-state index contributed by atoms with van der Waals surface area (Å²) in [4.78, 5) is 24.7. The monoisotopic (exact) mass is 537 g/mol. The van der Waals surface area contributed by atoms with E-state index in [1.54, 1.807) is 34.9 Å². The number of carbonyl (C=O) groups excluding carboxylic acids is 2. The molecule has 0 aliphatic carbocycles. The van der Waals surface area contributed by atoms with Gasteiger partial charge in [0.25, 0.3) is 0 Å². The third-order valence-electron chi connectivity index (χ3n) is 4.11. The van der Waals surface area contributed by atoms with Crippen LogP contribution >= 0.6 is 39.3 Å². The standard InChI is InChI=1S/C21H18BrClFN5O2S/c1-2-9-29-18(11-19(30)26-17-6-4-3-5-16(17)24)27-28-21(29)32-12-20(31)25-13-7-8-14(22)15(23)10-13/h2-8,10H,1,9,11-12H2,(H,25,31)(H,26,30). The molecular weight excluding hydrogens is 521 g/mol. The fourth-order valence-electron chi connectivity index (χ4n) is 2.67. The first-order valence-electron chi connectivity index (χ1n) is 9.32. The van der Waals surface area contributed by atoms with E-state index in [4.69, 9.17) is 11.6 Å². The molecule has 0 bridgehead atoms. The zero-order valence-corrected chi connectivity index (χ0v) is 19.8. The van der Waals surface area contributed by atoms with Crippen molar-refractivity contribution < 1.29 is 14.0 Å². The van der Waals surface area contributed by atoms with Crippen molar-refractivity contribution in [2.45, 2.75) is 18.1 Å². The molecule has 166 valence electrons. The number of amides is 2. The van der Waals surface area contributed by atoms with Gasteiger partial charge in [-0.05, 0) is 46.3 Å². The quantitative estimate of drug-likeness (QED) is 0.298. The number of nitrogens with one attached hydrogen (secondary N) is 2. The van der Waals surface area contributed by atoms with Crippen LogP contribution in [0.3, 0.4) is 0 Å². The molecule has 0 aliphatic heterocycles. The highest BCUT2D eigenvalue weighted by atomic mass is 79.9. The maximum absolute atomic E-state index is 13.8. The number of hydrogen-bond donors (Lipinski definition) is 2. The molecule has 32 heavy (non-hydrogen) atoms. The van der Waals surface area contributed by atoms with Crippen LogP contribution in [0.1, 0.15) is 5.82 Å². The first-order chi connectivity index (χ1) is 15.4. The molecule has 0 atom stereocenters. The van der Waals surface area contributed by atoms with Crippen molar-refractivity contribution in [3.63, 3.8) is 0 Å². The van der Waals surface area contributed by atoms with Crippen LogP contribution in [-0.2, 0) is 22.6 Å². The van der Waals surface area contributed by atoms with Gasteiger partial charge in [-0.25, -0.2) is 4.39 Å². The van der Waals surface area contributed by atoms with E-state index >= 15 is 0 Å². The molecular formula is C21H18BrClFN5O2S. The second-order valence-corrected chi connectivity index (χ2v) is 8.67. The number of carbonyl (C=O) groups is 2. The number of nitrogens with zero attached hydrogens (tertiary/aromatic N) is 3. The molecule has 3 rings (SSSR count). The number of anilines is 2. The molecule has 0 saturated carbocycles. The normalized spacial score (nSPS) is 10.6. The molecule has 1 aromatic heterocycles. The smallest absolute Gasteiger partial charge is 0.234 e.